The van der Waals surface area contributed by atoms with Crippen LogP contribution in [0.15, 0.2) is 30.4 Å². The van der Waals surface area contributed by atoms with Crippen molar-refractivity contribution in [1.29, 1.82) is 0 Å². The maximum absolute atomic E-state index is 5.21. The smallest absolute Gasteiger partial charge is 0.0313 e. The molecule has 0 saturated carbocycles. The van der Waals surface area contributed by atoms with Gasteiger partial charge in [-0.05, 0) is 25.7 Å². The van der Waals surface area contributed by atoms with Crippen molar-refractivity contribution in [3.63, 3.8) is 0 Å². The summed E-state index contributed by atoms with van der Waals surface area (Å²) in [6.45, 7) is 7.45. The minimum absolute atomic E-state index is 1.10. The van der Waals surface area contributed by atoms with E-state index < -0.39 is 0 Å². The summed E-state index contributed by atoms with van der Waals surface area (Å²) in [5.74, 6) is 0. The molecule has 0 unspecified atom stereocenters. The fourth-order valence-corrected chi connectivity index (χ4v) is 1.29. The van der Waals surface area contributed by atoms with Gasteiger partial charge in [-0.3, -0.25) is 0 Å². The summed E-state index contributed by atoms with van der Waals surface area (Å²) in [4.78, 5) is 0. The van der Waals surface area contributed by atoms with Crippen molar-refractivity contribution < 1.29 is 0 Å². The van der Waals surface area contributed by atoms with Gasteiger partial charge in [0.15, 0.2) is 0 Å². The molecule has 0 spiro atoms. The van der Waals surface area contributed by atoms with Gasteiger partial charge < -0.3 is 0 Å². The normalized spacial score (nSPS) is 11.5. The standard InChI is InChI=1S/C14H23/c1-3-5-7-9-11-13-14-12-10-8-6-4-2/h1,3,5,7,13-14H,4,6,8-12H2,2H3. The minimum atomic E-state index is 1.10. The summed E-state index contributed by atoms with van der Waals surface area (Å²) in [6, 6.07) is 0. The van der Waals surface area contributed by atoms with Crippen molar-refractivity contribution in [2.75, 3.05) is 0 Å². The first-order chi connectivity index (χ1) is 6.91. The van der Waals surface area contributed by atoms with E-state index in [-0.39, 0.29) is 0 Å². The third-order valence-electron chi connectivity index (χ3n) is 2.14. The molecule has 0 nitrogen and oxygen atoms in total. The minimum Gasteiger partial charge on any atom is -0.0885 e. The van der Waals surface area contributed by atoms with E-state index in [1.54, 1.807) is 6.08 Å². The fourth-order valence-electron chi connectivity index (χ4n) is 1.29. The second-order valence-electron chi connectivity index (χ2n) is 3.52. The Bertz CT molecular complexity index is 163. The molecular weight excluding hydrogens is 168 g/mol. The van der Waals surface area contributed by atoms with Crippen LogP contribution in [0.4, 0.5) is 0 Å². The van der Waals surface area contributed by atoms with Gasteiger partial charge in [-0.15, -0.1) is 0 Å². The molecule has 0 N–H and O–H groups in total. The topological polar surface area (TPSA) is 0 Å². The quantitative estimate of drug-likeness (QED) is 0.278. The van der Waals surface area contributed by atoms with Crippen LogP contribution in [-0.2, 0) is 0 Å². The summed E-state index contributed by atoms with van der Waals surface area (Å²) < 4.78 is 0. The lowest BCUT2D eigenvalue weighted by Crippen LogP contribution is -1.73. The van der Waals surface area contributed by atoms with E-state index in [9.17, 15) is 0 Å². The van der Waals surface area contributed by atoms with E-state index in [2.05, 4.69) is 25.2 Å². The third kappa shape index (κ3) is 11.2. The summed E-state index contributed by atoms with van der Waals surface area (Å²) in [6.07, 6.45) is 19.0. The average Bonchev–Trinajstić information content (AvgIpc) is 2.21. The molecule has 0 atom stereocenters. The molecule has 0 heteroatoms. The summed E-state index contributed by atoms with van der Waals surface area (Å²) in [5.41, 5.74) is 0. The number of hydrogen-bond donors (Lipinski definition) is 0. The van der Waals surface area contributed by atoms with Crippen molar-refractivity contribution in [1.82, 2.24) is 0 Å². The first kappa shape index (κ1) is 13.2. The molecule has 0 rings (SSSR count). The Hall–Kier alpha value is -0.780. The number of hydrogen-bond acceptors (Lipinski definition) is 0. The lowest BCUT2D eigenvalue weighted by Gasteiger charge is -1.93. The number of unbranched alkanes of at least 4 members (excludes halogenated alkanes) is 5. The molecule has 0 bridgehead atoms. The largest absolute Gasteiger partial charge is 0.0885 e. The highest BCUT2D eigenvalue weighted by atomic mass is 13.9. The van der Waals surface area contributed by atoms with E-state index in [1.165, 1.54) is 32.1 Å². The van der Waals surface area contributed by atoms with E-state index >= 15 is 0 Å². The highest BCUT2D eigenvalue weighted by molar-refractivity contribution is 4.96. The Morgan fingerprint density at radius 2 is 1.57 bits per heavy atom. The zero-order valence-electron chi connectivity index (χ0n) is 9.41. The molecule has 0 heterocycles. The zero-order chi connectivity index (χ0) is 10.5. The highest BCUT2D eigenvalue weighted by Crippen LogP contribution is 2.03. The molecule has 0 aromatic carbocycles. The van der Waals surface area contributed by atoms with Crippen LogP contribution >= 0.6 is 0 Å². The first-order valence-corrected chi connectivity index (χ1v) is 5.77. The van der Waals surface area contributed by atoms with E-state index in [0.29, 0.717) is 0 Å². The predicted octanol–water partition coefficient (Wildman–Crippen LogP) is 4.84. The van der Waals surface area contributed by atoms with E-state index in [1.807, 2.05) is 6.08 Å². The summed E-state index contributed by atoms with van der Waals surface area (Å²) in [7, 11) is 0. The van der Waals surface area contributed by atoms with Crippen LogP contribution in [0.1, 0.15) is 51.9 Å². The second-order valence-corrected chi connectivity index (χ2v) is 3.52. The van der Waals surface area contributed by atoms with Gasteiger partial charge in [0.1, 0.15) is 0 Å². The molecule has 79 valence electrons. The van der Waals surface area contributed by atoms with Gasteiger partial charge in [0.25, 0.3) is 0 Å². The summed E-state index contributed by atoms with van der Waals surface area (Å²) >= 11 is 0. The van der Waals surface area contributed by atoms with Gasteiger partial charge in [0, 0.05) is 0 Å². The molecule has 0 aliphatic carbocycles. The van der Waals surface area contributed by atoms with Crippen LogP contribution in [0, 0.1) is 6.58 Å². The van der Waals surface area contributed by atoms with Crippen molar-refractivity contribution in [3.8, 4) is 0 Å². The maximum Gasteiger partial charge on any atom is -0.0313 e. The van der Waals surface area contributed by atoms with Crippen molar-refractivity contribution in [2.45, 2.75) is 51.9 Å². The molecule has 14 heavy (non-hydrogen) atoms. The molecule has 0 aromatic heterocycles. The van der Waals surface area contributed by atoms with Crippen LogP contribution in [0.3, 0.4) is 0 Å². The molecule has 0 aliphatic rings. The summed E-state index contributed by atoms with van der Waals surface area (Å²) in [5, 5.41) is 0. The van der Waals surface area contributed by atoms with Gasteiger partial charge in [-0.25, -0.2) is 0 Å². The molecule has 0 aliphatic heterocycles. The molecule has 0 aromatic rings. The molecule has 0 saturated heterocycles. The van der Waals surface area contributed by atoms with Gasteiger partial charge in [-0.1, -0.05) is 63.1 Å². The van der Waals surface area contributed by atoms with Gasteiger partial charge >= 0.3 is 0 Å². The SMILES string of the molecule is [CH]=CC=CCCC=CCCCCCC. The van der Waals surface area contributed by atoms with Crippen LogP contribution < -0.4 is 0 Å². The van der Waals surface area contributed by atoms with Crippen molar-refractivity contribution in [2.24, 2.45) is 0 Å². The first-order valence-electron chi connectivity index (χ1n) is 5.77. The van der Waals surface area contributed by atoms with Crippen LogP contribution in [0.5, 0.6) is 0 Å². The molecule has 0 amide bonds. The fraction of sp³-hybridized carbons (Fsp3) is 0.571. The lowest BCUT2D eigenvalue weighted by atomic mass is 10.1. The lowest BCUT2D eigenvalue weighted by molar-refractivity contribution is 0.674. The Morgan fingerprint density at radius 3 is 2.29 bits per heavy atom. The van der Waals surface area contributed by atoms with Crippen LogP contribution in [-0.4, -0.2) is 0 Å². The van der Waals surface area contributed by atoms with Gasteiger partial charge in [-0.2, -0.15) is 0 Å². The van der Waals surface area contributed by atoms with Crippen LogP contribution in [0.25, 0.3) is 0 Å². The Morgan fingerprint density at radius 1 is 0.857 bits per heavy atom. The number of rotatable bonds is 9. The Labute approximate surface area is 89.4 Å². The third-order valence-corrected chi connectivity index (χ3v) is 2.14. The zero-order valence-corrected chi connectivity index (χ0v) is 9.41. The van der Waals surface area contributed by atoms with Gasteiger partial charge in [0.05, 0.1) is 0 Å². The molecular formula is C14H23. The maximum atomic E-state index is 5.21. The van der Waals surface area contributed by atoms with Crippen LogP contribution in [0.2, 0.25) is 0 Å². The van der Waals surface area contributed by atoms with Gasteiger partial charge in [0.2, 0.25) is 0 Å². The molecule has 1 radical (unpaired) electrons. The predicted molar refractivity (Wildman–Crippen MR) is 65.1 cm³/mol. The van der Waals surface area contributed by atoms with Crippen molar-refractivity contribution in [3.05, 3.63) is 37.0 Å². The second kappa shape index (κ2) is 12.2. The van der Waals surface area contributed by atoms with Crippen molar-refractivity contribution >= 4 is 0 Å². The Balaban J connectivity index is 3.11. The average molecular weight is 191 g/mol. The monoisotopic (exact) mass is 191 g/mol. The Kier molecular flexibility index (Phi) is 11.5. The molecule has 0 fully saturated rings. The van der Waals surface area contributed by atoms with E-state index in [4.69, 9.17) is 6.58 Å². The van der Waals surface area contributed by atoms with E-state index in [0.717, 1.165) is 12.8 Å². The highest BCUT2D eigenvalue weighted by Gasteiger charge is 1.83. The number of allylic oxidation sites excluding steroid dienone is 5.